The molecule has 1 aromatic rings. The summed E-state index contributed by atoms with van der Waals surface area (Å²) < 4.78 is 13.6. The number of carboxylic acids is 1. The van der Waals surface area contributed by atoms with Gasteiger partial charge in [0.2, 0.25) is 0 Å². The van der Waals surface area contributed by atoms with Crippen molar-refractivity contribution in [1.29, 1.82) is 0 Å². The molecule has 1 aromatic carbocycles. The van der Waals surface area contributed by atoms with Crippen molar-refractivity contribution in [3.8, 4) is 0 Å². The second-order valence-corrected chi connectivity index (χ2v) is 5.06. The molecule has 0 amide bonds. The van der Waals surface area contributed by atoms with Gasteiger partial charge in [0.15, 0.2) is 0 Å². The van der Waals surface area contributed by atoms with Gasteiger partial charge in [0, 0.05) is 32.2 Å². The summed E-state index contributed by atoms with van der Waals surface area (Å²) in [5.74, 6) is -1.88. The van der Waals surface area contributed by atoms with Crippen molar-refractivity contribution in [2.45, 2.75) is 19.9 Å². The molecule has 0 aromatic heterocycles. The highest BCUT2D eigenvalue weighted by atomic mass is 19.1. The molecule has 1 N–H and O–H groups in total. The number of piperazine rings is 1. The highest BCUT2D eigenvalue weighted by molar-refractivity contribution is 5.94. The maximum absolute atomic E-state index is 13.6. The first kappa shape index (κ1) is 13.8. The van der Waals surface area contributed by atoms with E-state index in [1.807, 2.05) is 4.90 Å². The third kappa shape index (κ3) is 2.87. The SMILES string of the molecule is CC(C)N1CCN(c2cccc(F)c2C(=O)O)CC1. The molecule has 0 aliphatic carbocycles. The molecule has 5 heteroatoms. The van der Waals surface area contributed by atoms with Crippen molar-refractivity contribution in [2.75, 3.05) is 31.1 Å². The number of rotatable bonds is 3. The van der Waals surface area contributed by atoms with Gasteiger partial charge in [0.25, 0.3) is 0 Å². The number of anilines is 1. The Balaban J connectivity index is 2.20. The highest BCUT2D eigenvalue weighted by Crippen LogP contribution is 2.24. The summed E-state index contributed by atoms with van der Waals surface area (Å²) in [5.41, 5.74) is 0.261. The summed E-state index contributed by atoms with van der Waals surface area (Å²) in [4.78, 5) is 15.5. The van der Waals surface area contributed by atoms with Gasteiger partial charge < -0.3 is 10.0 Å². The lowest BCUT2D eigenvalue weighted by atomic mass is 10.1. The summed E-state index contributed by atoms with van der Waals surface area (Å²) in [5, 5.41) is 9.14. The molecule has 0 bridgehead atoms. The number of hydrogen-bond acceptors (Lipinski definition) is 3. The molecule has 1 aliphatic heterocycles. The fraction of sp³-hybridized carbons (Fsp3) is 0.500. The number of halogens is 1. The van der Waals surface area contributed by atoms with Crippen LogP contribution in [0.1, 0.15) is 24.2 Å². The van der Waals surface area contributed by atoms with E-state index in [1.54, 1.807) is 12.1 Å². The molecule has 4 nitrogen and oxygen atoms in total. The molecular weight excluding hydrogens is 247 g/mol. The van der Waals surface area contributed by atoms with Crippen LogP contribution in [0.15, 0.2) is 18.2 Å². The Morgan fingerprint density at radius 3 is 2.42 bits per heavy atom. The summed E-state index contributed by atoms with van der Waals surface area (Å²) in [6.45, 7) is 7.46. The number of carboxylic acid groups (broad SMARTS) is 1. The summed E-state index contributed by atoms with van der Waals surface area (Å²) >= 11 is 0. The van der Waals surface area contributed by atoms with Crippen LogP contribution in [0, 0.1) is 5.82 Å². The molecular formula is C14H19FN2O2. The third-order valence-electron chi connectivity index (χ3n) is 3.59. The lowest BCUT2D eigenvalue weighted by Gasteiger charge is -2.38. The van der Waals surface area contributed by atoms with Crippen LogP contribution in [0.25, 0.3) is 0 Å². The minimum Gasteiger partial charge on any atom is -0.478 e. The second kappa shape index (κ2) is 5.57. The van der Waals surface area contributed by atoms with E-state index < -0.39 is 11.8 Å². The van der Waals surface area contributed by atoms with Crippen LogP contribution < -0.4 is 4.90 Å². The predicted octanol–water partition coefficient (Wildman–Crippen LogP) is 2.05. The van der Waals surface area contributed by atoms with Crippen molar-refractivity contribution in [3.63, 3.8) is 0 Å². The summed E-state index contributed by atoms with van der Waals surface area (Å²) in [6.07, 6.45) is 0. The Hall–Kier alpha value is -1.62. The first-order valence-corrected chi connectivity index (χ1v) is 6.51. The summed E-state index contributed by atoms with van der Waals surface area (Å²) in [7, 11) is 0. The topological polar surface area (TPSA) is 43.8 Å². The molecule has 1 saturated heterocycles. The molecule has 0 spiro atoms. The molecule has 1 aliphatic rings. The maximum atomic E-state index is 13.6. The van der Waals surface area contributed by atoms with Crippen LogP contribution in [0.3, 0.4) is 0 Å². The minimum atomic E-state index is -1.21. The Kier molecular flexibility index (Phi) is 4.04. The second-order valence-electron chi connectivity index (χ2n) is 5.06. The van der Waals surface area contributed by atoms with Gasteiger partial charge in [-0.3, -0.25) is 4.90 Å². The van der Waals surface area contributed by atoms with E-state index >= 15 is 0 Å². The van der Waals surface area contributed by atoms with E-state index in [0.717, 1.165) is 26.2 Å². The highest BCUT2D eigenvalue weighted by Gasteiger charge is 2.24. The van der Waals surface area contributed by atoms with E-state index in [1.165, 1.54) is 6.07 Å². The third-order valence-corrected chi connectivity index (χ3v) is 3.59. The van der Waals surface area contributed by atoms with E-state index in [9.17, 15) is 9.18 Å². The van der Waals surface area contributed by atoms with Gasteiger partial charge >= 0.3 is 5.97 Å². The fourth-order valence-corrected chi connectivity index (χ4v) is 2.47. The van der Waals surface area contributed by atoms with Crippen molar-refractivity contribution < 1.29 is 14.3 Å². The van der Waals surface area contributed by atoms with Gasteiger partial charge in [0.05, 0.1) is 5.69 Å². The van der Waals surface area contributed by atoms with Crippen molar-refractivity contribution >= 4 is 11.7 Å². The van der Waals surface area contributed by atoms with Crippen LogP contribution in [-0.2, 0) is 0 Å². The van der Waals surface area contributed by atoms with Crippen molar-refractivity contribution in [1.82, 2.24) is 4.90 Å². The number of carbonyl (C=O) groups is 1. The van der Waals surface area contributed by atoms with Crippen molar-refractivity contribution in [3.05, 3.63) is 29.6 Å². The van der Waals surface area contributed by atoms with Gasteiger partial charge in [-0.05, 0) is 26.0 Å². The van der Waals surface area contributed by atoms with E-state index in [-0.39, 0.29) is 5.56 Å². The smallest absolute Gasteiger partial charge is 0.340 e. The van der Waals surface area contributed by atoms with Crippen LogP contribution in [0.2, 0.25) is 0 Å². The van der Waals surface area contributed by atoms with Gasteiger partial charge in [0.1, 0.15) is 11.4 Å². The Bertz CT molecular complexity index is 469. The first-order valence-electron chi connectivity index (χ1n) is 6.51. The van der Waals surface area contributed by atoms with Crippen LogP contribution >= 0.6 is 0 Å². The molecule has 0 unspecified atom stereocenters. The van der Waals surface area contributed by atoms with Crippen molar-refractivity contribution in [2.24, 2.45) is 0 Å². The van der Waals surface area contributed by atoms with Gasteiger partial charge in [-0.25, -0.2) is 9.18 Å². The Labute approximate surface area is 112 Å². The quantitative estimate of drug-likeness (QED) is 0.909. The molecule has 0 saturated carbocycles. The number of nitrogens with zero attached hydrogens (tertiary/aromatic N) is 2. The average molecular weight is 266 g/mol. The lowest BCUT2D eigenvalue weighted by Crippen LogP contribution is -2.49. The normalized spacial score (nSPS) is 16.9. The minimum absolute atomic E-state index is 0.222. The van der Waals surface area contributed by atoms with Gasteiger partial charge in [-0.15, -0.1) is 0 Å². The molecule has 1 heterocycles. The summed E-state index contributed by atoms with van der Waals surface area (Å²) in [6, 6.07) is 4.91. The van der Waals surface area contributed by atoms with Crippen LogP contribution in [-0.4, -0.2) is 48.2 Å². The molecule has 104 valence electrons. The zero-order valence-corrected chi connectivity index (χ0v) is 11.3. The number of hydrogen-bond donors (Lipinski definition) is 1. The maximum Gasteiger partial charge on any atom is 0.340 e. The van der Waals surface area contributed by atoms with Crippen LogP contribution in [0.5, 0.6) is 0 Å². The predicted molar refractivity (Wildman–Crippen MR) is 72.3 cm³/mol. The largest absolute Gasteiger partial charge is 0.478 e. The lowest BCUT2D eigenvalue weighted by molar-refractivity contribution is 0.0692. The standard InChI is InChI=1S/C14H19FN2O2/c1-10(2)16-6-8-17(9-7-16)12-5-3-4-11(15)13(12)14(18)19/h3-5,10H,6-9H2,1-2H3,(H,18,19). The number of benzene rings is 1. The van der Waals surface area contributed by atoms with E-state index in [0.29, 0.717) is 11.7 Å². The molecule has 0 atom stereocenters. The molecule has 2 rings (SSSR count). The monoisotopic (exact) mass is 266 g/mol. The zero-order valence-electron chi connectivity index (χ0n) is 11.3. The van der Waals surface area contributed by atoms with E-state index in [2.05, 4.69) is 18.7 Å². The van der Waals surface area contributed by atoms with E-state index in [4.69, 9.17) is 5.11 Å². The average Bonchev–Trinajstić information content (AvgIpc) is 2.38. The van der Waals surface area contributed by atoms with Gasteiger partial charge in [-0.2, -0.15) is 0 Å². The molecule has 1 fully saturated rings. The molecule has 19 heavy (non-hydrogen) atoms. The van der Waals surface area contributed by atoms with Crippen LogP contribution in [0.4, 0.5) is 10.1 Å². The van der Waals surface area contributed by atoms with Gasteiger partial charge in [-0.1, -0.05) is 6.07 Å². The number of aromatic carboxylic acids is 1. The molecule has 0 radical (unpaired) electrons. The zero-order chi connectivity index (χ0) is 14.0. The Morgan fingerprint density at radius 2 is 1.89 bits per heavy atom. The Morgan fingerprint density at radius 1 is 1.26 bits per heavy atom. The first-order chi connectivity index (χ1) is 9.00. The fourth-order valence-electron chi connectivity index (χ4n) is 2.47.